The van der Waals surface area contributed by atoms with Gasteiger partial charge in [-0.1, -0.05) is 44.2 Å². The highest BCUT2D eigenvalue weighted by Gasteiger charge is 2.37. The zero-order chi connectivity index (χ0) is 26.9. The van der Waals surface area contributed by atoms with Crippen LogP contribution in [0.1, 0.15) is 44.4 Å². The van der Waals surface area contributed by atoms with E-state index in [9.17, 15) is 13.6 Å². The van der Waals surface area contributed by atoms with Crippen molar-refractivity contribution in [2.45, 2.75) is 51.7 Å². The first-order valence-electron chi connectivity index (χ1n) is 12.8. The average molecular weight is 520 g/mol. The maximum atomic E-state index is 13.8. The second kappa shape index (κ2) is 10.4. The molecule has 6 nitrogen and oxygen atoms in total. The summed E-state index contributed by atoms with van der Waals surface area (Å²) in [7, 11) is 0. The summed E-state index contributed by atoms with van der Waals surface area (Å²) in [5.41, 5.74) is 3.80. The highest BCUT2D eigenvalue weighted by Crippen LogP contribution is 2.33. The molecule has 0 fully saturated rings. The molecule has 3 aromatic carbocycles. The molecule has 2 atom stereocenters. The van der Waals surface area contributed by atoms with Crippen molar-refractivity contribution in [1.82, 2.24) is 15.1 Å². The van der Waals surface area contributed by atoms with Gasteiger partial charge in [0.1, 0.15) is 17.6 Å². The van der Waals surface area contributed by atoms with E-state index in [2.05, 4.69) is 16.5 Å². The van der Waals surface area contributed by atoms with Gasteiger partial charge in [0.2, 0.25) is 0 Å². The van der Waals surface area contributed by atoms with E-state index in [1.165, 1.54) is 5.56 Å². The molecule has 8 heteroatoms. The molecule has 2 heterocycles. The topological polar surface area (TPSA) is 65.4 Å². The fourth-order valence-corrected chi connectivity index (χ4v) is 4.78. The Labute approximate surface area is 220 Å². The van der Waals surface area contributed by atoms with Gasteiger partial charge in [0.15, 0.2) is 0 Å². The third-order valence-corrected chi connectivity index (χ3v) is 6.81. The van der Waals surface area contributed by atoms with Crippen molar-refractivity contribution in [1.29, 1.82) is 0 Å². The Balaban J connectivity index is 1.46. The Hall–Kier alpha value is -3.94. The van der Waals surface area contributed by atoms with E-state index in [0.29, 0.717) is 12.7 Å². The molecule has 1 aromatic heterocycles. The number of alkyl halides is 2. The predicted molar refractivity (Wildman–Crippen MR) is 142 cm³/mol. The summed E-state index contributed by atoms with van der Waals surface area (Å²) in [6.45, 7) is 5.08. The van der Waals surface area contributed by atoms with E-state index in [1.54, 1.807) is 6.20 Å². The van der Waals surface area contributed by atoms with Gasteiger partial charge < -0.3 is 14.8 Å². The standard InChI is InChI=1S/C30H31F2N3O3/c1-19(2)27(34-29(36)30(3,31)32)28(20-8-5-4-6-9-20)38-24-12-13-25-22(17-24)18-33-35(25)23-11-14-26-21(16-23)10-7-15-37-26/h4-6,8-9,11-14,16-19,27-28H,7,10,15H2,1-3H3,(H,34,36)/t27-,28+/m0/s1. The Kier molecular flexibility index (Phi) is 7.06. The van der Waals surface area contributed by atoms with Crippen LogP contribution in [0, 0.1) is 5.92 Å². The largest absolute Gasteiger partial charge is 0.493 e. The zero-order valence-electron chi connectivity index (χ0n) is 21.7. The van der Waals surface area contributed by atoms with Gasteiger partial charge in [0, 0.05) is 12.3 Å². The molecule has 0 spiro atoms. The Morgan fingerprint density at radius 3 is 2.63 bits per heavy atom. The summed E-state index contributed by atoms with van der Waals surface area (Å²) >= 11 is 0. The summed E-state index contributed by atoms with van der Waals surface area (Å²) in [6, 6.07) is 20.4. The van der Waals surface area contributed by atoms with Gasteiger partial charge in [-0.2, -0.15) is 13.9 Å². The van der Waals surface area contributed by atoms with Crippen molar-refractivity contribution >= 4 is 16.8 Å². The molecular formula is C30H31F2N3O3. The monoisotopic (exact) mass is 519 g/mol. The second-order valence-corrected chi connectivity index (χ2v) is 10.1. The molecular weight excluding hydrogens is 488 g/mol. The highest BCUT2D eigenvalue weighted by atomic mass is 19.3. The van der Waals surface area contributed by atoms with Crippen LogP contribution in [-0.4, -0.2) is 34.3 Å². The molecule has 1 amide bonds. The molecule has 1 N–H and O–H groups in total. The number of aromatic nitrogens is 2. The van der Waals surface area contributed by atoms with Gasteiger partial charge in [-0.15, -0.1) is 0 Å². The summed E-state index contributed by atoms with van der Waals surface area (Å²) in [5.74, 6) is -3.52. The lowest BCUT2D eigenvalue weighted by molar-refractivity contribution is -0.145. The third-order valence-electron chi connectivity index (χ3n) is 6.81. The number of nitrogens with one attached hydrogen (secondary N) is 1. The number of fused-ring (bicyclic) bond motifs is 2. The van der Waals surface area contributed by atoms with Crippen LogP contribution in [0.5, 0.6) is 11.5 Å². The molecule has 5 rings (SSSR count). The Bertz CT molecular complexity index is 1430. The number of benzene rings is 3. The SMILES string of the molecule is CC(C)[C@H](NC(=O)C(C)(F)F)[C@H](Oc1ccc2c(cnn2-c2ccc3c(c2)CCCO3)c1)c1ccccc1. The molecule has 4 aromatic rings. The third kappa shape index (κ3) is 5.35. The van der Waals surface area contributed by atoms with Crippen molar-refractivity contribution in [3.8, 4) is 17.2 Å². The number of ether oxygens (including phenoxy) is 2. The molecule has 0 bridgehead atoms. The maximum absolute atomic E-state index is 13.8. The molecule has 198 valence electrons. The van der Waals surface area contributed by atoms with E-state index in [0.717, 1.165) is 47.4 Å². The van der Waals surface area contributed by atoms with Crippen LogP contribution in [0.2, 0.25) is 0 Å². The number of rotatable bonds is 8. The van der Waals surface area contributed by atoms with Crippen molar-refractivity contribution in [2.24, 2.45) is 5.92 Å². The van der Waals surface area contributed by atoms with Gasteiger partial charge in [0.05, 0.1) is 30.0 Å². The average Bonchev–Trinajstić information content (AvgIpc) is 3.33. The van der Waals surface area contributed by atoms with Gasteiger partial charge >= 0.3 is 5.92 Å². The van der Waals surface area contributed by atoms with E-state index in [4.69, 9.17) is 9.47 Å². The van der Waals surface area contributed by atoms with Crippen LogP contribution >= 0.6 is 0 Å². The van der Waals surface area contributed by atoms with Gasteiger partial charge in [-0.05, 0) is 66.3 Å². The quantitative estimate of drug-likeness (QED) is 0.298. The van der Waals surface area contributed by atoms with E-state index < -0.39 is 24.0 Å². The van der Waals surface area contributed by atoms with Gasteiger partial charge in [-0.25, -0.2) is 4.68 Å². The van der Waals surface area contributed by atoms with Crippen molar-refractivity contribution in [3.63, 3.8) is 0 Å². The smallest absolute Gasteiger partial charge is 0.321 e. The van der Waals surface area contributed by atoms with Gasteiger partial charge in [-0.3, -0.25) is 4.79 Å². The highest BCUT2D eigenvalue weighted by molar-refractivity contribution is 5.83. The number of carbonyl (C=O) groups is 1. The molecule has 0 saturated carbocycles. The van der Waals surface area contributed by atoms with E-state index in [1.807, 2.05) is 79.2 Å². The van der Waals surface area contributed by atoms with Crippen LogP contribution in [-0.2, 0) is 11.2 Å². The summed E-state index contributed by atoms with van der Waals surface area (Å²) < 4.78 is 41.6. The maximum Gasteiger partial charge on any atom is 0.321 e. The molecule has 0 saturated heterocycles. The molecule has 1 aliphatic rings. The minimum absolute atomic E-state index is 0.175. The van der Waals surface area contributed by atoms with Gasteiger partial charge in [0.25, 0.3) is 5.91 Å². The summed E-state index contributed by atoms with van der Waals surface area (Å²) in [4.78, 5) is 12.2. The van der Waals surface area contributed by atoms with Crippen LogP contribution in [0.3, 0.4) is 0 Å². The fraction of sp³-hybridized carbons (Fsp3) is 0.333. The summed E-state index contributed by atoms with van der Waals surface area (Å²) in [5, 5.41) is 7.99. The molecule has 0 radical (unpaired) electrons. The minimum atomic E-state index is -3.50. The van der Waals surface area contributed by atoms with Crippen LogP contribution in [0.25, 0.3) is 16.6 Å². The van der Waals surface area contributed by atoms with Crippen molar-refractivity contribution < 1.29 is 23.0 Å². The number of nitrogens with zero attached hydrogens (tertiary/aromatic N) is 2. The number of hydrogen-bond donors (Lipinski definition) is 1. The van der Waals surface area contributed by atoms with Crippen LogP contribution < -0.4 is 14.8 Å². The van der Waals surface area contributed by atoms with Crippen LogP contribution in [0.4, 0.5) is 8.78 Å². The number of carbonyl (C=O) groups excluding carboxylic acids is 1. The molecule has 1 aliphatic heterocycles. The Morgan fingerprint density at radius 1 is 1.11 bits per heavy atom. The fourth-order valence-electron chi connectivity index (χ4n) is 4.78. The molecule has 0 unspecified atom stereocenters. The predicted octanol–water partition coefficient (Wildman–Crippen LogP) is 6.27. The minimum Gasteiger partial charge on any atom is -0.493 e. The Morgan fingerprint density at radius 2 is 1.89 bits per heavy atom. The number of halogens is 2. The normalized spacial score (nSPS) is 15.0. The van der Waals surface area contributed by atoms with E-state index in [-0.39, 0.29) is 5.92 Å². The first kappa shape index (κ1) is 25.7. The first-order chi connectivity index (χ1) is 18.2. The first-order valence-corrected chi connectivity index (χ1v) is 12.8. The van der Waals surface area contributed by atoms with Crippen molar-refractivity contribution in [3.05, 3.63) is 84.1 Å². The second-order valence-electron chi connectivity index (χ2n) is 10.1. The van der Waals surface area contributed by atoms with Crippen molar-refractivity contribution in [2.75, 3.05) is 6.61 Å². The van der Waals surface area contributed by atoms with Crippen LogP contribution in [0.15, 0.2) is 72.9 Å². The lowest BCUT2D eigenvalue weighted by Gasteiger charge is -2.32. The number of hydrogen-bond acceptors (Lipinski definition) is 4. The lowest BCUT2D eigenvalue weighted by atomic mass is 9.92. The number of amides is 1. The molecule has 38 heavy (non-hydrogen) atoms. The zero-order valence-corrected chi connectivity index (χ0v) is 21.7. The van der Waals surface area contributed by atoms with E-state index >= 15 is 0 Å². The lowest BCUT2D eigenvalue weighted by Crippen LogP contribution is -2.49. The number of aryl methyl sites for hydroxylation is 1. The molecule has 0 aliphatic carbocycles. The summed E-state index contributed by atoms with van der Waals surface area (Å²) in [6.07, 6.45) is 3.05.